The van der Waals surface area contributed by atoms with Crippen LogP contribution in [0.1, 0.15) is 24.8 Å². The van der Waals surface area contributed by atoms with Crippen LogP contribution in [-0.4, -0.2) is 18.5 Å². The standard InChI is InChI=1S/C13H18N2O/c1-10-5-2-3-8-12(10)15-13(16)9-14-11-6-4-7-11/h2-3,5,8,11,14H,4,6-7,9H2,1H3,(H,15,16). The van der Waals surface area contributed by atoms with Gasteiger partial charge in [0.15, 0.2) is 0 Å². The molecule has 0 unspecified atom stereocenters. The minimum absolute atomic E-state index is 0.0428. The third-order valence-corrected chi connectivity index (χ3v) is 3.08. The van der Waals surface area contributed by atoms with Crippen molar-refractivity contribution < 1.29 is 4.79 Å². The van der Waals surface area contributed by atoms with Gasteiger partial charge in [0.25, 0.3) is 0 Å². The average molecular weight is 218 g/mol. The molecule has 1 aliphatic carbocycles. The van der Waals surface area contributed by atoms with Crippen molar-refractivity contribution in [3.05, 3.63) is 29.8 Å². The lowest BCUT2D eigenvalue weighted by molar-refractivity contribution is -0.115. The van der Waals surface area contributed by atoms with E-state index in [0.29, 0.717) is 12.6 Å². The highest BCUT2D eigenvalue weighted by molar-refractivity contribution is 5.92. The highest BCUT2D eigenvalue weighted by atomic mass is 16.1. The molecule has 1 aromatic carbocycles. The highest BCUT2D eigenvalue weighted by Crippen LogP contribution is 2.17. The molecule has 3 heteroatoms. The van der Waals surface area contributed by atoms with Crippen LogP contribution >= 0.6 is 0 Å². The number of rotatable bonds is 4. The molecule has 3 nitrogen and oxygen atoms in total. The Kier molecular flexibility index (Phi) is 3.57. The Morgan fingerprint density at radius 2 is 2.12 bits per heavy atom. The van der Waals surface area contributed by atoms with Gasteiger partial charge in [0.1, 0.15) is 0 Å². The van der Waals surface area contributed by atoms with Gasteiger partial charge in [0.2, 0.25) is 5.91 Å². The number of aryl methyl sites for hydroxylation is 1. The quantitative estimate of drug-likeness (QED) is 0.812. The van der Waals surface area contributed by atoms with E-state index in [1.54, 1.807) is 0 Å². The van der Waals surface area contributed by atoms with Crippen molar-refractivity contribution in [1.82, 2.24) is 5.32 Å². The maximum atomic E-state index is 11.6. The van der Waals surface area contributed by atoms with Crippen LogP contribution in [0.4, 0.5) is 5.69 Å². The number of carbonyl (C=O) groups excluding carboxylic acids is 1. The van der Waals surface area contributed by atoms with Gasteiger partial charge in [0, 0.05) is 11.7 Å². The van der Waals surface area contributed by atoms with E-state index in [1.807, 2.05) is 31.2 Å². The molecule has 0 atom stereocenters. The number of nitrogens with one attached hydrogen (secondary N) is 2. The number of benzene rings is 1. The molecule has 0 spiro atoms. The molecular formula is C13H18N2O. The van der Waals surface area contributed by atoms with Crippen LogP contribution < -0.4 is 10.6 Å². The van der Waals surface area contributed by atoms with E-state index >= 15 is 0 Å². The maximum absolute atomic E-state index is 11.6. The molecule has 1 amide bonds. The molecule has 2 rings (SSSR count). The van der Waals surface area contributed by atoms with Crippen molar-refractivity contribution in [1.29, 1.82) is 0 Å². The van der Waals surface area contributed by atoms with Gasteiger partial charge >= 0.3 is 0 Å². The Morgan fingerprint density at radius 3 is 2.75 bits per heavy atom. The molecule has 1 aromatic rings. The van der Waals surface area contributed by atoms with Crippen LogP contribution in [0.15, 0.2) is 24.3 Å². The van der Waals surface area contributed by atoms with Gasteiger partial charge in [-0.25, -0.2) is 0 Å². The van der Waals surface area contributed by atoms with E-state index in [9.17, 15) is 4.79 Å². The summed E-state index contributed by atoms with van der Waals surface area (Å²) in [5, 5.41) is 6.16. The summed E-state index contributed by atoms with van der Waals surface area (Å²) >= 11 is 0. The van der Waals surface area contributed by atoms with Gasteiger partial charge in [-0.15, -0.1) is 0 Å². The highest BCUT2D eigenvalue weighted by Gasteiger charge is 2.17. The third-order valence-electron chi connectivity index (χ3n) is 3.08. The number of carbonyl (C=O) groups is 1. The minimum atomic E-state index is 0.0428. The monoisotopic (exact) mass is 218 g/mol. The second-order valence-corrected chi connectivity index (χ2v) is 4.37. The van der Waals surface area contributed by atoms with Gasteiger partial charge in [-0.3, -0.25) is 4.79 Å². The Bertz CT molecular complexity index is 372. The molecule has 1 aliphatic rings. The summed E-state index contributed by atoms with van der Waals surface area (Å²) in [7, 11) is 0. The summed E-state index contributed by atoms with van der Waals surface area (Å²) in [6.45, 7) is 2.41. The van der Waals surface area contributed by atoms with E-state index in [-0.39, 0.29) is 5.91 Å². The maximum Gasteiger partial charge on any atom is 0.238 e. The second kappa shape index (κ2) is 5.12. The number of anilines is 1. The summed E-state index contributed by atoms with van der Waals surface area (Å²) in [4.78, 5) is 11.6. The van der Waals surface area contributed by atoms with Crippen LogP contribution in [0.25, 0.3) is 0 Å². The first-order valence-corrected chi connectivity index (χ1v) is 5.84. The number of hydrogen-bond acceptors (Lipinski definition) is 2. The summed E-state index contributed by atoms with van der Waals surface area (Å²) < 4.78 is 0. The topological polar surface area (TPSA) is 41.1 Å². The van der Waals surface area contributed by atoms with Crippen molar-refractivity contribution in [3.63, 3.8) is 0 Å². The molecule has 0 bridgehead atoms. The number of hydrogen-bond donors (Lipinski definition) is 2. The van der Waals surface area contributed by atoms with Crippen molar-refractivity contribution in [2.24, 2.45) is 0 Å². The predicted octanol–water partition coefficient (Wildman–Crippen LogP) is 2.08. The second-order valence-electron chi connectivity index (χ2n) is 4.37. The zero-order chi connectivity index (χ0) is 11.4. The molecule has 86 valence electrons. The van der Waals surface area contributed by atoms with E-state index < -0.39 is 0 Å². The van der Waals surface area contributed by atoms with Gasteiger partial charge in [-0.2, -0.15) is 0 Å². The lowest BCUT2D eigenvalue weighted by atomic mass is 9.93. The molecule has 2 N–H and O–H groups in total. The van der Waals surface area contributed by atoms with Gasteiger partial charge in [0.05, 0.1) is 6.54 Å². The van der Waals surface area contributed by atoms with Crippen molar-refractivity contribution in [3.8, 4) is 0 Å². The Labute approximate surface area is 96.2 Å². The molecule has 0 aliphatic heterocycles. The lowest BCUT2D eigenvalue weighted by Gasteiger charge is -2.26. The van der Waals surface area contributed by atoms with E-state index in [2.05, 4.69) is 10.6 Å². The van der Waals surface area contributed by atoms with Crippen molar-refractivity contribution in [2.75, 3.05) is 11.9 Å². The third kappa shape index (κ3) is 2.83. The summed E-state index contributed by atoms with van der Waals surface area (Å²) in [5.74, 6) is 0.0428. The molecule has 0 radical (unpaired) electrons. The van der Waals surface area contributed by atoms with Crippen LogP contribution in [0.5, 0.6) is 0 Å². The Morgan fingerprint density at radius 1 is 1.38 bits per heavy atom. The number of amides is 1. The van der Waals surface area contributed by atoms with Crippen molar-refractivity contribution >= 4 is 11.6 Å². The van der Waals surface area contributed by atoms with Gasteiger partial charge < -0.3 is 10.6 Å². The van der Waals surface area contributed by atoms with Crippen LogP contribution in [0, 0.1) is 6.92 Å². The fourth-order valence-electron chi connectivity index (χ4n) is 1.76. The zero-order valence-electron chi connectivity index (χ0n) is 9.62. The molecule has 1 saturated carbocycles. The molecular weight excluding hydrogens is 200 g/mol. The summed E-state index contributed by atoms with van der Waals surface area (Å²) in [6, 6.07) is 8.38. The first-order valence-electron chi connectivity index (χ1n) is 5.84. The minimum Gasteiger partial charge on any atom is -0.325 e. The van der Waals surface area contributed by atoms with Crippen LogP contribution in [0.3, 0.4) is 0 Å². The zero-order valence-corrected chi connectivity index (χ0v) is 9.62. The normalized spacial score (nSPS) is 15.6. The Balaban J connectivity index is 1.80. The fourth-order valence-corrected chi connectivity index (χ4v) is 1.76. The van der Waals surface area contributed by atoms with Crippen LogP contribution in [-0.2, 0) is 4.79 Å². The summed E-state index contributed by atoms with van der Waals surface area (Å²) in [5.41, 5.74) is 2.00. The van der Waals surface area contributed by atoms with Crippen LogP contribution in [0.2, 0.25) is 0 Å². The largest absolute Gasteiger partial charge is 0.325 e. The number of para-hydroxylation sites is 1. The van der Waals surface area contributed by atoms with Gasteiger partial charge in [-0.1, -0.05) is 24.6 Å². The van der Waals surface area contributed by atoms with E-state index in [4.69, 9.17) is 0 Å². The molecule has 0 heterocycles. The molecule has 1 fully saturated rings. The lowest BCUT2D eigenvalue weighted by Crippen LogP contribution is -2.40. The molecule has 0 aromatic heterocycles. The SMILES string of the molecule is Cc1ccccc1NC(=O)CNC1CCC1. The first-order chi connectivity index (χ1) is 7.75. The first kappa shape index (κ1) is 11.1. The van der Waals surface area contributed by atoms with E-state index in [0.717, 1.165) is 11.3 Å². The molecule has 16 heavy (non-hydrogen) atoms. The Hall–Kier alpha value is -1.35. The molecule has 0 saturated heterocycles. The fraction of sp³-hybridized carbons (Fsp3) is 0.462. The smallest absolute Gasteiger partial charge is 0.238 e. The van der Waals surface area contributed by atoms with E-state index in [1.165, 1.54) is 19.3 Å². The average Bonchev–Trinajstić information content (AvgIpc) is 2.19. The summed E-state index contributed by atoms with van der Waals surface area (Å²) in [6.07, 6.45) is 3.70. The van der Waals surface area contributed by atoms with Gasteiger partial charge in [-0.05, 0) is 31.4 Å². The van der Waals surface area contributed by atoms with Crippen molar-refractivity contribution in [2.45, 2.75) is 32.2 Å². The predicted molar refractivity (Wildman–Crippen MR) is 65.5 cm³/mol.